The molecular formula is C25H34F4N6O4. The van der Waals surface area contributed by atoms with Crippen LogP contribution >= 0.6 is 0 Å². The minimum Gasteiger partial charge on any atom is -0.370 e. The number of carbonyl (C=O) groups excluding carboxylic acids is 4. The van der Waals surface area contributed by atoms with Crippen molar-refractivity contribution in [3.8, 4) is 0 Å². The molecule has 0 spiro atoms. The number of nitrogens with one attached hydrogen (secondary N) is 4. The average molecular weight is 559 g/mol. The molecule has 0 aliphatic carbocycles. The molecule has 216 valence electrons. The van der Waals surface area contributed by atoms with E-state index in [0.29, 0.717) is 12.8 Å². The summed E-state index contributed by atoms with van der Waals surface area (Å²) in [6, 6.07) is 0.413. The van der Waals surface area contributed by atoms with Gasteiger partial charge in [0.2, 0.25) is 11.8 Å². The lowest BCUT2D eigenvalue weighted by atomic mass is 10.0. The fourth-order valence-electron chi connectivity index (χ4n) is 4.23. The lowest BCUT2D eigenvalue weighted by Gasteiger charge is -2.31. The van der Waals surface area contributed by atoms with E-state index in [1.54, 1.807) is 13.8 Å². The number of amides is 3. The van der Waals surface area contributed by atoms with Crippen LogP contribution in [0.25, 0.3) is 0 Å². The van der Waals surface area contributed by atoms with E-state index >= 15 is 0 Å². The Balaban J connectivity index is 2.10. The Morgan fingerprint density at radius 1 is 1.13 bits per heavy atom. The summed E-state index contributed by atoms with van der Waals surface area (Å²) in [5, 5.41) is 14.8. The summed E-state index contributed by atoms with van der Waals surface area (Å²) in [7, 11) is 0. The van der Waals surface area contributed by atoms with Gasteiger partial charge in [-0.15, -0.1) is 0 Å². The zero-order valence-electron chi connectivity index (χ0n) is 21.7. The van der Waals surface area contributed by atoms with Crippen molar-refractivity contribution in [1.82, 2.24) is 20.9 Å². The van der Waals surface area contributed by atoms with Crippen molar-refractivity contribution in [1.29, 1.82) is 5.41 Å². The Kier molecular flexibility index (Phi) is 11.2. The van der Waals surface area contributed by atoms with Crippen LogP contribution in [0.5, 0.6) is 0 Å². The number of Topliss-reactive ketones (excluding diaryl/α,β-unsaturated/α-hetero) is 1. The zero-order valence-corrected chi connectivity index (χ0v) is 21.7. The van der Waals surface area contributed by atoms with Gasteiger partial charge in [0.15, 0.2) is 11.7 Å². The Morgan fingerprint density at radius 3 is 2.31 bits per heavy atom. The van der Waals surface area contributed by atoms with Gasteiger partial charge in [0, 0.05) is 18.7 Å². The van der Waals surface area contributed by atoms with Gasteiger partial charge in [-0.2, -0.15) is 13.2 Å². The van der Waals surface area contributed by atoms with Gasteiger partial charge in [-0.1, -0.05) is 13.8 Å². The van der Waals surface area contributed by atoms with Crippen LogP contribution in [0.3, 0.4) is 0 Å². The first kappa shape index (κ1) is 31.5. The number of ketones is 1. The number of hydrogen-bond acceptors (Lipinski definition) is 5. The predicted molar refractivity (Wildman–Crippen MR) is 134 cm³/mol. The summed E-state index contributed by atoms with van der Waals surface area (Å²) in [6.07, 6.45) is -3.39. The molecule has 1 aromatic rings. The van der Waals surface area contributed by atoms with Crippen molar-refractivity contribution in [2.45, 2.75) is 63.8 Å². The molecule has 3 amide bonds. The zero-order chi connectivity index (χ0) is 29.3. The number of nitrogens with two attached hydrogens (primary N) is 1. The summed E-state index contributed by atoms with van der Waals surface area (Å²) in [5.74, 6) is -3.45. The van der Waals surface area contributed by atoms with E-state index in [9.17, 15) is 36.7 Å². The topological polar surface area (TPSA) is 157 Å². The number of nitrogens with zero attached hydrogens (tertiary/aromatic N) is 1. The molecule has 1 aliphatic heterocycles. The van der Waals surface area contributed by atoms with Crippen LogP contribution in [0, 0.1) is 11.3 Å². The number of halogens is 4. The predicted octanol–water partition coefficient (Wildman–Crippen LogP) is 1.74. The molecule has 10 nitrogen and oxygen atoms in total. The first-order valence-electron chi connectivity index (χ1n) is 12.5. The molecule has 6 N–H and O–H groups in total. The first-order valence-corrected chi connectivity index (χ1v) is 12.5. The van der Waals surface area contributed by atoms with E-state index in [1.165, 1.54) is 4.90 Å². The largest absolute Gasteiger partial charge is 0.416 e. The van der Waals surface area contributed by atoms with Gasteiger partial charge < -0.3 is 26.6 Å². The van der Waals surface area contributed by atoms with Crippen LogP contribution < -0.4 is 21.7 Å². The Bertz CT molecular complexity index is 1050. The minimum atomic E-state index is -4.56. The number of benzene rings is 1. The lowest BCUT2D eigenvalue weighted by Crippen LogP contribution is -2.56. The number of likely N-dealkylation sites (tertiary alicyclic amines) is 1. The van der Waals surface area contributed by atoms with Gasteiger partial charge in [0.25, 0.3) is 5.91 Å². The second kappa shape index (κ2) is 13.9. The Morgan fingerprint density at radius 2 is 1.77 bits per heavy atom. The van der Waals surface area contributed by atoms with Crippen LogP contribution in [0.15, 0.2) is 24.3 Å². The number of hydrogen-bond donors (Lipinski definition) is 5. The van der Waals surface area contributed by atoms with Gasteiger partial charge >= 0.3 is 6.18 Å². The second-order valence-corrected chi connectivity index (χ2v) is 9.60. The number of guanidine groups is 1. The molecule has 39 heavy (non-hydrogen) atoms. The maximum atomic E-state index is 13.4. The number of carbonyl (C=O) groups is 4. The number of rotatable bonds is 12. The van der Waals surface area contributed by atoms with E-state index in [-0.39, 0.29) is 37.5 Å². The smallest absolute Gasteiger partial charge is 0.370 e. The highest BCUT2D eigenvalue weighted by molar-refractivity contribution is 5.99. The SMILES string of the molecule is CC(C)C(NC(=O)c1ccc(C(F)(F)F)cc1)C(=O)N1CCC[C@H]1C(=O)NC(CCCNC(=N)N)C(=O)CF. The molecule has 0 radical (unpaired) electrons. The lowest BCUT2D eigenvalue weighted by molar-refractivity contribution is -0.141. The average Bonchev–Trinajstić information content (AvgIpc) is 3.37. The Labute approximate surface area is 223 Å². The van der Waals surface area contributed by atoms with Gasteiger partial charge in [-0.25, -0.2) is 4.39 Å². The third-order valence-corrected chi connectivity index (χ3v) is 6.35. The fraction of sp³-hybridized carbons (Fsp3) is 0.560. The normalized spacial score (nSPS) is 16.9. The highest BCUT2D eigenvalue weighted by Gasteiger charge is 2.39. The highest BCUT2D eigenvalue weighted by atomic mass is 19.4. The first-order chi connectivity index (χ1) is 18.3. The van der Waals surface area contributed by atoms with Crippen molar-refractivity contribution >= 4 is 29.5 Å². The van der Waals surface area contributed by atoms with E-state index in [2.05, 4.69) is 16.0 Å². The number of alkyl halides is 4. The minimum absolute atomic E-state index is 0.0657. The van der Waals surface area contributed by atoms with Crippen molar-refractivity contribution in [2.24, 2.45) is 11.7 Å². The Hall–Kier alpha value is -3.71. The fourth-order valence-corrected chi connectivity index (χ4v) is 4.23. The summed E-state index contributed by atoms with van der Waals surface area (Å²) >= 11 is 0. The van der Waals surface area contributed by atoms with Crippen molar-refractivity contribution < 1.29 is 36.7 Å². The van der Waals surface area contributed by atoms with Gasteiger partial charge in [-0.05, 0) is 55.9 Å². The van der Waals surface area contributed by atoms with E-state index in [1.807, 2.05) is 0 Å². The molecule has 1 fully saturated rings. The monoisotopic (exact) mass is 558 g/mol. The molecule has 0 saturated carbocycles. The van der Waals surface area contributed by atoms with E-state index in [0.717, 1.165) is 24.3 Å². The van der Waals surface area contributed by atoms with Crippen LogP contribution in [0.2, 0.25) is 0 Å². The molecule has 2 unspecified atom stereocenters. The summed E-state index contributed by atoms with van der Waals surface area (Å²) in [6.45, 7) is 2.51. The molecule has 14 heteroatoms. The molecule has 1 aromatic carbocycles. The quantitative estimate of drug-likeness (QED) is 0.114. The van der Waals surface area contributed by atoms with Crippen molar-refractivity contribution in [3.05, 3.63) is 35.4 Å². The molecule has 1 heterocycles. The van der Waals surface area contributed by atoms with Crippen molar-refractivity contribution in [3.63, 3.8) is 0 Å². The van der Waals surface area contributed by atoms with Gasteiger partial charge in [-0.3, -0.25) is 24.6 Å². The third-order valence-electron chi connectivity index (χ3n) is 6.35. The highest BCUT2D eigenvalue weighted by Crippen LogP contribution is 2.29. The van der Waals surface area contributed by atoms with E-state index in [4.69, 9.17) is 11.1 Å². The summed E-state index contributed by atoms with van der Waals surface area (Å²) in [4.78, 5) is 52.6. The molecule has 3 atom stereocenters. The van der Waals surface area contributed by atoms with Crippen LogP contribution in [-0.2, 0) is 20.6 Å². The van der Waals surface area contributed by atoms with Crippen LogP contribution in [0.1, 0.15) is 55.5 Å². The molecule has 0 bridgehead atoms. The van der Waals surface area contributed by atoms with Gasteiger partial charge in [0.05, 0.1) is 11.6 Å². The van der Waals surface area contributed by atoms with Crippen LogP contribution in [-0.4, -0.2) is 72.3 Å². The molecule has 0 aromatic heterocycles. The summed E-state index contributed by atoms with van der Waals surface area (Å²) in [5.41, 5.74) is 4.22. The maximum absolute atomic E-state index is 13.4. The van der Waals surface area contributed by atoms with Crippen molar-refractivity contribution in [2.75, 3.05) is 19.8 Å². The second-order valence-electron chi connectivity index (χ2n) is 9.60. The maximum Gasteiger partial charge on any atom is 0.416 e. The third kappa shape index (κ3) is 8.93. The standard InChI is InChI=1S/C25H34F4N6O4/c1-14(2)20(34-21(37)15-7-9-16(10-8-15)25(27,28)29)23(39)35-12-4-6-18(35)22(38)33-17(19(36)13-26)5-3-11-32-24(30)31/h7-10,14,17-18,20H,3-6,11-13H2,1-2H3,(H,33,38)(H,34,37)(H4,30,31,32)/t17?,18-,20?/m0/s1. The summed E-state index contributed by atoms with van der Waals surface area (Å²) < 4.78 is 51.6. The molecular weight excluding hydrogens is 524 g/mol. The molecule has 1 saturated heterocycles. The van der Waals surface area contributed by atoms with Gasteiger partial charge in [0.1, 0.15) is 18.8 Å². The van der Waals surface area contributed by atoms with E-state index < -0.39 is 66.0 Å². The van der Waals surface area contributed by atoms with Crippen LogP contribution in [0.4, 0.5) is 17.6 Å². The molecule has 1 aliphatic rings. The molecule has 2 rings (SSSR count).